The Kier molecular flexibility index (Phi) is 3.17. The molecule has 1 rings (SSSR count). The number of hydrogen-bond acceptors (Lipinski definition) is 3. The first-order valence-electron chi connectivity index (χ1n) is 5.03. The van der Waals surface area contributed by atoms with Gasteiger partial charge in [0.05, 0.1) is 6.04 Å². The lowest BCUT2D eigenvalue weighted by molar-refractivity contribution is -0.131. The van der Waals surface area contributed by atoms with Gasteiger partial charge in [-0.3, -0.25) is 4.79 Å². The van der Waals surface area contributed by atoms with Gasteiger partial charge in [-0.15, -0.1) is 0 Å². The SMILES string of the molecule is C[C@H](N)C(=O)N1C[C@@H](CO)C(C)(C)C1. The second kappa shape index (κ2) is 3.87. The van der Waals surface area contributed by atoms with Crippen LogP contribution in [0.2, 0.25) is 0 Å². The molecule has 1 heterocycles. The summed E-state index contributed by atoms with van der Waals surface area (Å²) in [6, 6.07) is -0.441. The van der Waals surface area contributed by atoms with E-state index in [4.69, 9.17) is 5.73 Å². The zero-order valence-corrected chi connectivity index (χ0v) is 9.16. The Morgan fingerprint density at radius 2 is 2.29 bits per heavy atom. The number of nitrogens with zero attached hydrogens (tertiary/aromatic N) is 1. The molecule has 4 heteroatoms. The summed E-state index contributed by atoms with van der Waals surface area (Å²) in [4.78, 5) is 13.4. The van der Waals surface area contributed by atoms with Gasteiger partial charge in [0.1, 0.15) is 0 Å². The fourth-order valence-electron chi connectivity index (χ4n) is 1.96. The zero-order valence-electron chi connectivity index (χ0n) is 9.16. The fourth-order valence-corrected chi connectivity index (χ4v) is 1.96. The highest BCUT2D eigenvalue weighted by Crippen LogP contribution is 2.34. The Bertz CT molecular complexity index is 226. The third kappa shape index (κ3) is 2.07. The lowest BCUT2D eigenvalue weighted by atomic mass is 9.83. The smallest absolute Gasteiger partial charge is 0.239 e. The second-order valence-corrected chi connectivity index (χ2v) is 4.88. The van der Waals surface area contributed by atoms with Crippen LogP contribution in [0, 0.1) is 11.3 Å². The van der Waals surface area contributed by atoms with Crippen molar-refractivity contribution in [3.8, 4) is 0 Å². The van der Waals surface area contributed by atoms with Gasteiger partial charge < -0.3 is 15.7 Å². The zero-order chi connectivity index (χ0) is 10.9. The van der Waals surface area contributed by atoms with E-state index in [0.29, 0.717) is 13.1 Å². The second-order valence-electron chi connectivity index (χ2n) is 4.88. The summed E-state index contributed by atoms with van der Waals surface area (Å²) in [5.74, 6) is 0.152. The molecule has 4 nitrogen and oxygen atoms in total. The maximum Gasteiger partial charge on any atom is 0.239 e. The number of rotatable bonds is 2. The van der Waals surface area contributed by atoms with E-state index >= 15 is 0 Å². The fraction of sp³-hybridized carbons (Fsp3) is 0.900. The Hall–Kier alpha value is -0.610. The third-order valence-electron chi connectivity index (χ3n) is 3.07. The number of likely N-dealkylation sites (tertiary alicyclic amines) is 1. The molecule has 0 bridgehead atoms. The van der Waals surface area contributed by atoms with Gasteiger partial charge in [-0.05, 0) is 12.3 Å². The first kappa shape index (κ1) is 11.5. The number of carbonyl (C=O) groups is 1. The molecule has 14 heavy (non-hydrogen) atoms. The van der Waals surface area contributed by atoms with E-state index in [2.05, 4.69) is 13.8 Å². The van der Waals surface area contributed by atoms with Crippen LogP contribution < -0.4 is 5.73 Å². The first-order valence-corrected chi connectivity index (χ1v) is 5.03. The molecule has 1 amide bonds. The lowest BCUT2D eigenvalue weighted by Crippen LogP contribution is -2.41. The number of carbonyl (C=O) groups excluding carboxylic acids is 1. The number of aliphatic hydroxyl groups is 1. The minimum absolute atomic E-state index is 0.000694. The van der Waals surface area contributed by atoms with Crippen molar-refractivity contribution in [3.05, 3.63) is 0 Å². The molecule has 2 atom stereocenters. The topological polar surface area (TPSA) is 66.6 Å². The van der Waals surface area contributed by atoms with Gasteiger partial charge in [-0.2, -0.15) is 0 Å². The Morgan fingerprint density at radius 1 is 1.71 bits per heavy atom. The standard InChI is InChI=1S/C10H20N2O2/c1-7(11)9(14)12-4-8(5-13)10(2,3)6-12/h7-8,13H,4-6,11H2,1-3H3/t7-,8-/m0/s1. The normalized spacial score (nSPS) is 27.8. The molecule has 0 aliphatic carbocycles. The van der Waals surface area contributed by atoms with Gasteiger partial charge in [-0.25, -0.2) is 0 Å². The van der Waals surface area contributed by atoms with Crippen molar-refractivity contribution < 1.29 is 9.90 Å². The van der Waals surface area contributed by atoms with Crippen LogP contribution in [0.1, 0.15) is 20.8 Å². The Morgan fingerprint density at radius 3 is 2.64 bits per heavy atom. The highest BCUT2D eigenvalue weighted by atomic mass is 16.3. The molecule has 0 aromatic carbocycles. The average Bonchev–Trinajstić information content (AvgIpc) is 2.39. The highest BCUT2D eigenvalue weighted by molar-refractivity contribution is 5.81. The maximum atomic E-state index is 11.6. The van der Waals surface area contributed by atoms with E-state index in [9.17, 15) is 9.90 Å². The van der Waals surface area contributed by atoms with Gasteiger partial charge in [-0.1, -0.05) is 13.8 Å². The van der Waals surface area contributed by atoms with Crippen molar-refractivity contribution in [2.45, 2.75) is 26.8 Å². The molecule has 1 fully saturated rings. The van der Waals surface area contributed by atoms with Gasteiger partial charge in [0.15, 0.2) is 0 Å². The summed E-state index contributed by atoms with van der Waals surface area (Å²) in [6.45, 7) is 7.30. The molecule has 0 aromatic heterocycles. The number of hydrogen-bond donors (Lipinski definition) is 2. The summed E-state index contributed by atoms with van der Waals surface area (Å²) >= 11 is 0. The maximum absolute atomic E-state index is 11.6. The molecular formula is C10H20N2O2. The van der Waals surface area contributed by atoms with Gasteiger partial charge in [0.2, 0.25) is 5.91 Å². The van der Waals surface area contributed by atoms with Crippen molar-refractivity contribution in [3.63, 3.8) is 0 Å². The Labute approximate surface area is 85.1 Å². The molecule has 0 saturated carbocycles. The predicted octanol–water partition coefficient (Wildman–Crippen LogP) is -0.189. The molecule has 3 N–H and O–H groups in total. The molecular weight excluding hydrogens is 180 g/mol. The van der Waals surface area contributed by atoms with E-state index in [1.165, 1.54) is 0 Å². The molecule has 82 valence electrons. The lowest BCUT2D eigenvalue weighted by Gasteiger charge is -2.23. The number of nitrogens with two attached hydrogens (primary N) is 1. The monoisotopic (exact) mass is 200 g/mol. The van der Waals surface area contributed by atoms with E-state index in [0.717, 1.165) is 0 Å². The van der Waals surface area contributed by atoms with Crippen LogP contribution in [-0.2, 0) is 4.79 Å². The summed E-state index contributed by atoms with van der Waals surface area (Å²) in [5.41, 5.74) is 5.54. The first-order chi connectivity index (χ1) is 6.38. The van der Waals surface area contributed by atoms with Crippen LogP contribution in [0.5, 0.6) is 0 Å². The van der Waals surface area contributed by atoms with E-state index in [1.54, 1.807) is 11.8 Å². The minimum atomic E-state index is -0.441. The van der Waals surface area contributed by atoms with Gasteiger partial charge in [0.25, 0.3) is 0 Å². The molecule has 0 unspecified atom stereocenters. The summed E-state index contributed by atoms with van der Waals surface area (Å²) in [5, 5.41) is 9.17. The van der Waals surface area contributed by atoms with E-state index in [-0.39, 0.29) is 23.8 Å². The van der Waals surface area contributed by atoms with Crippen molar-refractivity contribution in [2.75, 3.05) is 19.7 Å². The Balaban J connectivity index is 2.67. The molecule has 1 aliphatic rings. The quantitative estimate of drug-likeness (QED) is 0.649. The summed E-state index contributed by atoms with van der Waals surface area (Å²) in [7, 11) is 0. The molecule has 0 radical (unpaired) electrons. The largest absolute Gasteiger partial charge is 0.396 e. The van der Waals surface area contributed by atoms with Crippen LogP contribution in [-0.4, -0.2) is 41.7 Å². The van der Waals surface area contributed by atoms with E-state index < -0.39 is 6.04 Å². The van der Waals surface area contributed by atoms with Crippen LogP contribution in [0.15, 0.2) is 0 Å². The minimum Gasteiger partial charge on any atom is -0.396 e. The van der Waals surface area contributed by atoms with Crippen molar-refractivity contribution >= 4 is 5.91 Å². The van der Waals surface area contributed by atoms with Gasteiger partial charge in [0, 0.05) is 25.6 Å². The number of amides is 1. The highest BCUT2D eigenvalue weighted by Gasteiger charge is 2.41. The summed E-state index contributed by atoms with van der Waals surface area (Å²) < 4.78 is 0. The van der Waals surface area contributed by atoms with Crippen molar-refractivity contribution in [1.82, 2.24) is 4.90 Å². The van der Waals surface area contributed by atoms with E-state index in [1.807, 2.05) is 0 Å². The summed E-state index contributed by atoms with van der Waals surface area (Å²) in [6.07, 6.45) is 0. The average molecular weight is 200 g/mol. The molecule has 1 aliphatic heterocycles. The van der Waals surface area contributed by atoms with Crippen LogP contribution in [0.4, 0.5) is 0 Å². The van der Waals surface area contributed by atoms with Crippen LogP contribution in [0.3, 0.4) is 0 Å². The van der Waals surface area contributed by atoms with Crippen molar-refractivity contribution in [2.24, 2.45) is 17.1 Å². The molecule has 0 spiro atoms. The van der Waals surface area contributed by atoms with Crippen LogP contribution >= 0.6 is 0 Å². The number of aliphatic hydroxyl groups excluding tert-OH is 1. The molecule has 0 aromatic rings. The van der Waals surface area contributed by atoms with Gasteiger partial charge >= 0.3 is 0 Å². The van der Waals surface area contributed by atoms with Crippen molar-refractivity contribution in [1.29, 1.82) is 0 Å². The molecule has 1 saturated heterocycles. The third-order valence-corrected chi connectivity index (χ3v) is 3.07. The predicted molar refractivity (Wildman–Crippen MR) is 54.6 cm³/mol. The van der Waals surface area contributed by atoms with Crippen LogP contribution in [0.25, 0.3) is 0 Å².